The third-order valence-electron chi connectivity index (χ3n) is 1.95. The number of phenolic OH excluding ortho intramolecular Hbond substituents is 2. The normalized spacial score (nSPS) is 9.44. The molecule has 0 spiro atoms. The van der Waals surface area contributed by atoms with Gasteiger partial charge in [-0.05, 0) is 18.6 Å². The molecule has 0 bridgehead atoms. The Morgan fingerprint density at radius 3 is 2.50 bits per heavy atom. The molecule has 0 aliphatic rings. The Bertz CT molecular complexity index is 401. The Hall–Kier alpha value is -2.15. The van der Waals surface area contributed by atoms with Crippen molar-refractivity contribution in [2.75, 3.05) is 6.54 Å². The van der Waals surface area contributed by atoms with Crippen LogP contribution in [0.15, 0.2) is 18.2 Å². The highest BCUT2D eigenvalue weighted by molar-refractivity contribution is 5.94. The summed E-state index contributed by atoms with van der Waals surface area (Å²) in [4.78, 5) is 11.5. The van der Waals surface area contributed by atoms with Crippen molar-refractivity contribution in [3.63, 3.8) is 0 Å². The number of benzene rings is 1. The van der Waals surface area contributed by atoms with Gasteiger partial charge < -0.3 is 15.5 Å². The van der Waals surface area contributed by atoms with Gasteiger partial charge in [0.25, 0.3) is 5.91 Å². The van der Waals surface area contributed by atoms with Crippen molar-refractivity contribution in [1.29, 1.82) is 0 Å². The van der Waals surface area contributed by atoms with E-state index < -0.39 is 0 Å². The van der Waals surface area contributed by atoms with Crippen LogP contribution in [0.4, 0.5) is 0 Å². The topological polar surface area (TPSA) is 69.6 Å². The number of unbranched alkanes of at least 4 members (excludes halogenated alkanes) is 1. The van der Waals surface area contributed by atoms with Crippen molar-refractivity contribution in [2.24, 2.45) is 0 Å². The number of carbonyl (C=O) groups excluding carboxylic acids is 1. The van der Waals surface area contributed by atoms with Gasteiger partial charge in [-0.2, -0.15) is 0 Å². The number of phenols is 2. The molecule has 1 aromatic rings. The lowest BCUT2D eigenvalue weighted by Crippen LogP contribution is -2.24. The van der Waals surface area contributed by atoms with Crippen LogP contribution in [-0.2, 0) is 0 Å². The van der Waals surface area contributed by atoms with Crippen LogP contribution in [0.2, 0.25) is 0 Å². The molecule has 16 heavy (non-hydrogen) atoms. The van der Waals surface area contributed by atoms with E-state index in [9.17, 15) is 15.0 Å². The summed E-state index contributed by atoms with van der Waals surface area (Å²) >= 11 is 0. The number of terminal acetylenes is 1. The zero-order valence-electron chi connectivity index (χ0n) is 8.73. The van der Waals surface area contributed by atoms with E-state index in [4.69, 9.17) is 6.42 Å². The van der Waals surface area contributed by atoms with Crippen LogP contribution in [0.5, 0.6) is 11.5 Å². The van der Waals surface area contributed by atoms with Crippen LogP contribution in [0.3, 0.4) is 0 Å². The second kappa shape index (κ2) is 5.66. The molecule has 84 valence electrons. The molecule has 0 aromatic heterocycles. The van der Waals surface area contributed by atoms with E-state index in [1.54, 1.807) is 0 Å². The smallest absolute Gasteiger partial charge is 0.251 e. The van der Waals surface area contributed by atoms with Crippen molar-refractivity contribution in [2.45, 2.75) is 12.8 Å². The zero-order valence-corrected chi connectivity index (χ0v) is 8.73. The van der Waals surface area contributed by atoms with Crippen LogP contribution >= 0.6 is 0 Å². The van der Waals surface area contributed by atoms with Crippen LogP contribution in [-0.4, -0.2) is 22.7 Å². The molecule has 0 fully saturated rings. The van der Waals surface area contributed by atoms with Crippen molar-refractivity contribution < 1.29 is 15.0 Å². The number of aromatic hydroxyl groups is 2. The van der Waals surface area contributed by atoms with Crippen LogP contribution < -0.4 is 5.32 Å². The quantitative estimate of drug-likeness (QED) is 0.527. The van der Waals surface area contributed by atoms with Gasteiger partial charge in [-0.15, -0.1) is 12.3 Å². The molecule has 0 saturated carbocycles. The van der Waals surface area contributed by atoms with E-state index in [0.717, 1.165) is 6.07 Å². The van der Waals surface area contributed by atoms with E-state index in [1.807, 2.05) is 0 Å². The Labute approximate surface area is 93.9 Å². The van der Waals surface area contributed by atoms with E-state index in [2.05, 4.69) is 11.2 Å². The van der Waals surface area contributed by atoms with Crippen LogP contribution in [0, 0.1) is 12.3 Å². The minimum absolute atomic E-state index is 0.145. The molecule has 0 aliphatic carbocycles. The SMILES string of the molecule is C#CCCCNC(=O)c1cc(O)cc(O)c1. The molecule has 0 saturated heterocycles. The van der Waals surface area contributed by atoms with Gasteiger partial charge in [-0.25, -0.2) is 0 Å². The Morgan fingerprint density at radius 1 is 1.31 bits per heavy atom. The molecule has 0 unspecified atom stereocenters. The summed E-state index contributed by atoms with van der Waals surface area (Å²) in [5, 5.41) is 21.0. The van der Waals surface area contributed by atoms with Gasteiger partial charge in [0.05, 0.1) is 0 Å². The molecule has 0 radical (unpaired) electrons. The van der Waals surface area contributed by atoms with E-state index in [1.165, 1.54) is 12.1 Å². The van der Waals surface area contributed by atoms with Crippen molar-refractivity contribution in [1.82, 2.24) is 5.32 Å². The molecule has 4 heteroatoms. The third kappa shape index (κ3) is 3.54. The highest BCUT2D eigenvalue weighted by Crippen LogP contribution is 2.20. The van der Waals surface area contributed by atoms with Gasteiger partial charge in [0.2, 0.25) is 0 Å². The van der Waals surface area contributed by atoms with Crippen molar-refractivity contribution in [3.8, 4) is 23.8 Å². The fourth-order valence-corrected chi connectivity index (χ4v) is 1.22. The minimum atomic E-state index is -0.344. The maximum absolute atomic E-state index is 11.5. The molecule has 4 nitrogen and oxygen atoms in total. The predicted molar refractivity (Wildman–Crippen MR) is 60.2 cm³/mol. The molecule has 1 aromatic carbocycles. The first-order valence-corrected chi connectivity index (χ1v) is 4.88. The highest BCUT2D eigenvalue weighted by atomic mass is 16.3. The molecular formula is C12H13NO3. The number of nitrogens with one attached hydrogen (secondary N) is 1. The van der Waals surface area contributed by atoms with Crippen LogP contribution in [0.25, 0.3) is 0 Å². The Balaban J connectivity index is 2.56. The van der Waals surface area contributed by atoms with Gasteiger partial charge in [0.15, 0.2) is 0 Å². The first kappa shape index (κ1) is 11.9. The molecular weight excluding hydrogens is 206 g/mol. The standard InChI is InChI=1S/C12H13NO3/c1-2-3-4-5-13-12(16)9-6-10(14)8-11(15)7-9/h1,6-8,14-15H,3-5H2,(H,13,16). The third-order valence-corrected chi connectivity index (χ3v) is 1.95. The van der Waals surface area contributed by atoms with Crippen molar-refractivity contribution in [3.05, 3.63) is 23.8 Å². The molecule has 1 amide bonds. The average Bonchev–Trinajstić information content (AvgIpc) is 2.22. The van der Waals surface area contributed by atoms with E-state index in [-0.39, 0.29) is 23.0 Å². The number of rotatable bonds is 4. The first-order valence-electron chi connectivity index (χ1n) is 4.88. The van der Waals surface area contributed by atoms with Gasteiger partial charge in [-0.3, -0.25) is 4.79 Å². The van der Waals surface area contributed by atoms with Crippen molar-refractivity contribution >= 4 is 5.91 Å². The molecule has 0 atom stereocenters. The minimum Gasteiger partial charge on any atom is -0.508 e. The summed E-state index contributed by atoms with van der Waals surface area (Å²) in [6.45, 7) is 0.472. The monoisotopic (exact) mass is 219 g/mol. The Morgan fingerprint density at radius 2 is 1.94 bits per heavy atom. The average molecular weight is 219 g/mol. The number of hydrogen-bond donors (Lipinski definition) is 3. The van der Waals surface area contributed by atoms with Crippen LogP contribution in [0.1, 0.15) is 23.2 Å². The van der Waals surface area contributed by atoms with Gasteiger partial charge in [0, 0.05) is 24.6 Å². The maximum atomic E-state index is 11.5. The number of amides is 1. The molecule has 1 rings (SSSR count). The van der Waals surface area contributed by atoms with E-state index in [0.29, 0.717) is 19.4 Å². The summed E-state index contributed by atoms with van der Waals surface area (Å²) in [5.41, 5.74) is 0.221. The second-order valence-corrected chi connectivity index (χ2v) is 3.30. The zero-order chi connectivity index (χ0) is 12.0. The highest BCUT2D eigenvalue weighted by Gasteiger charge is 2.07. The predicted octanol–water partition coefficient (Wildman–Crippen LogP) is 1.24. The molecule has 0 aliphatic heterocycles. The molecule has 3 N–H and O–H groups in total. The maximum Gasteiger partial charge on any atom is 0.251 e. The van der Waals surface area contributed by atoms with Gasteiger partial charge in [0.1, 0.15) is 11.5 Å². The summed E-state index contributed by atoms with van der Waals surface area (Å²) in [5.74, 6) is 1.83. The first-order chi connectivity index (χ1) is 7.63. The fourth-order valence-electron chi connectivity index (χ4n) is 1.22. The van der Waals surface area contributed by atoms with Gasteiger partial charge >= 0.3 is 0 Å². The lowest BCUT2D eigenvalue weighted by Gasteiger charge is -2.05. The summed E-state index contributed by atoms with van der Waals surface area (Å²) in [6.07, 6.45) is 6.37. The lowest BCUT2D eigenvalue weighted by atomic mass is 10.2. The molecule has 0 heterocycles. The summed E-state index contributed by atoms with van der Waals surface area (Å²) in [6, 6.07) is 3.74. The fraction of sp³-hybridized carbons (Fsp3) is 0.250. The Kier molecular flexibility index (Phi) is 4.22. The largest absolute Gasteiger partial charge is 0.508 e. The second-order valence-electron chi connectivity index (χ2n) is 3.30. The number of carbonyl (C=O) groups is 1. The summed E-state index contributed by atoms with van der Waals surface area (Å²) < 4.78 is 0. The lowest BCUT2D eigenvalue weighted by molar-refractivity contribution is 0.0952. The van der Waals surface area contributed by atoms with Gasteiger partial charge in [-0.1, -0.05) is 0 Å². The summed E-state index contributed by atoms with van der Waals surface area (Å²) in [7, 11) is 0. The number of hydrogen-bond acceptors (Lipinski definition) is 3. The van der Waals surface area contributed by atoms with E-state index >= 15 is 0 Å².